The molecule has 0 unspecified atom stereocenters. The molecule has 0 spiro atoms. The molecule has 10 nitrogen and oxygen atoms in total. The molecule has 32 heavy (non-hydrogen) atoms. The number of benzene rings is 1. The molecule has 2 aromatic rings. The summed E-state index contributed by atoms with van der Waals surface area (Å²) in [5.41, 5.74) is -0.686. The van der Waals surface area contributed by atoms with Gasteiger partial charge in [-0.15, -0.1) is 0 Å². The van der Waals surface area contributed by atoms with Crippen LogP contribution in [0.2, 0.25) is 0 Å². The predicted octanol–water partition coefficient (Wildman–Crippen LogP) is 2.88. The minimum absolute atomic E-state index is 0.0243. The van der Waals surface area contributed by atoms with Crippen molar-refractivity contribution < 1.29 is 14.5 Å². The highest BCUT2D eigenvalue weighted by molar-refractivity contribution is 5.76. The quantitative estimate of drug-likeness (QED) is 0.321. The van der Waals surface area contributed by atoms with Gasteiger partial charge in [0.2, 0.25) is 0 Å². The van der Waals surface area contributed by atoms with Crippen molar-refractivity contribution in [2.75, 3.05) is 18.5 Å². The van der Waals surface area contributed by atoms with Crippen molar-refractivity contribution in [1.82, 2.24) is 9.13 Å². The third-order valence-corrected chi connectivity index (χ3v) is 4.61. The molecule has 0 aliphatic carbocycles. The highest BCUT2D eigenvalue weighted by Gasteiger charge is 2.25. The lowest BCUT2D eigenvalue weighted by atomic mass is 10.1. The fourth-order valence-electron chi connectivity index (χ4n) is 3.18. The maximum Gasteiger partial charge on any atom is 0.357 e. The average Bonchev–Trinajstić information content (AvgIpc) is 2.76. The zero-order valence-corrected chi connectivity index (χ0v) is 18.5. The molecule has 0 amide bonds. The van der Waals surface area contributed by atoms with Gasteiger partial charge < -0.3 is 10.1 Å². The number of aromatic nitrogens is 2. The van der Waals surface area contributed by atoms with Crippen LogP contribution in [0.3, 0.4) is 0 Å². The minimum Gasteiger partial charge on any atom is -0.465 e. The molecule has 1 aromatic heterocycles. The van der Waals surface area contributed by atoms with Gasteiger partial charge in [-0.3, -0.25) is 28.8 Å². The molecule has 1 N–H and O–H groups in total. The SMILES string of the molecule is CCCn1c(/C=C/c2ccc(NCC(=O)OCC)cc2)c([N+](=O)[O-])c(=O)n(CCC)c1=O. The summed E-state index contributed by atoms with van der Waals surface area (Å²) in [6.45, 7) is 6.08. The van der Waals surface area contributed by atoms with Crippen LogP contribution in [0.15, 0.2) is 33.9 Å². The number of hydrogen-bond donors (Lipinski definition) is 1. The van der Waals surface area contributed by atoms with E-state index in [0.717, 1.165) is 4.57 Å². The first-order valence-corrected chi connectivity index (χ1v) is 10.5. The number of nitro groups is 1. The number of esters is 1. The van der Waals surface area contributed by atoms with Crippen LogP contribution in [0, 0.1) is 10.1 Å². The van der Waals surface area contributed by atoms with Gasteiger partial charge in [-0.2, -0.15) is 0 Å². The van der Waals surface area contributed by atoms with E-state index in [1.165, 1.54) is 10.6 Å². The van der Waals surface area contributed by atoms with Gasteiger partial charge in [0.05, 0.1) is 11.5 Å². The molecule has 0 bridgehead atoms. The van der Waals surface area contributed by atoms with Crippen molar-refractivity contribution in [3.63, 3.8) is 0 Å². The third kappa shape index (κ3) is 5.93. The first kappa shape index (κ1) is 24.6. The predicted molar refractivity (Wildman–Crippen MR) is 123 cm³/mol. The number of carbonyl (C=O) groups excluding carboxylic acids is 1. The number of rotatable bonds is 11. The molecule has 0 radical (unpaired) electrons. The smallest absolute Gasteiger partial charge is 0.357 e. The van der Waals surface area contributed by atoms with Crippen LogP contribution in [0.5, 0.6) is 0 Å². The van der Waals surface area contributed by atoms with Crippen LogP contribution >= 0.6 is 0 Å². The molecular formula is C22H28N4O6. The van der Waals surface area contributed by atoms with Crippen LogP contribution in [0.1, 0.15) is 44.9 Å². The molecule has 0 aliphatic heterocycles. The van der Waals surface area contributed by atoms with Crippen LogP contribution in [-0.4, -0.2) is 33.2 Å². The lowest BCUT2D eigenvalue weighted by molar-refractivity contribution is -0.387. The molecule has 1 aromatic carbocycles. The van der Waals surface area contributed by atoms with Crippen LogP contribution in [0.25, 0.3) is 12.2 Å². The second-order valence-corrected chi connectivity index (χ2v) is 7.00. The van der Waals surface area contributed by atoms with Crippen LogP contribution < -0.4 is 16.6 Å². The molecule has 10 heteroatoms. The second kappa shape index (κ2) is 11.6. The molecule has 0 fully saturated rings. The fourth-order valence-corrected chi connectivity index (χ4v) is 3.18. The standard InChI is InChI=1S/C22H28N4O6/c1-4-13-24-18(20(26(30)31)21(28)25(14-5-2)22(24)29)12-9-16-7-10-17(11-8-16)23-15-19(27)32-6-3/h7-12,23H,4-6,13-15H2,1-3H3/b12-9+. The number of anilines is 1. The maximum atomic E-state index is 12.8. The highest BCUT2D eigenvalue weighted by atomic mass is 16.6. The van der Waals surface area contributed by atoms with E-state index >= 15 is 0 Å². The van der Waals surface area contributed by atoms with Crippen molar-refractivity contribution in [3.05, 3.63) is 66.5 Å². The number of nitrogens with zero attached hydrogens (tertiary/aromatic N) is 3. The summed E-state index contributed by atoms with van der Waals surface area (Å²) >= 11 is 0. The van der Waals surface area contributed by atoms with Crippen molar-refractivity contribution in [2.45, 2.75) is 46.7 Å². The van der Waals surface area contributed by atoms with Gasteiger partial charge in [0.1, 0.15) is 12.2 Å². The molecule has 0 atom stereocenters. The van der Waals surface area contributed by atoms with E-state index in [0.29, 0.717) is 30.7 Å². The van der Waals surface area contributed by atoms with Crippen molar-refractivity contribution >= 4 is 29.5 Å². The number of ether oxygens (including phenoxy) is 1. The van der Waals surface area contributed by atoms with Gasteiger partial charge in [-0.25, -0.2) is 4.79 Å². The zero-order valence-electron chi connectivity index (χ0n) is 18.5. The normalized spacial score (nSPS) is 11.0. The van der Waals surface area contributed by atoms with Gasteiger partial charge in [0, 0.05) is 18.8 Å². The Balaban J connectivity index is 2.40. The monoisotopic (exact) mass is 444 g/mol. The lowest BCUT2D eigenvalue weighted by Gasteiger charge is -2.13. The second-order valence-electron chi connectivity index (χ2n) is 7.00. The Bertz CT molecular complexity index is 1100. The minimum atomic E-state index is -0.896. The van der Waals surface area contributed by atoms with Gasteiger partial charge in [0.15, 0.2) is 0 Å². The molecule has 0 saturated carbocycles. The van der Waals surface area contributed by atoms with Crippen LogP contribution in [-0.2, 0) is 22.6 Å². The fraction of sp³-hybridized carbons (Fsp3) is 0.409. The van der Waals surface area contributed by atoms with Gasteiger partial charge in [-0.05, 0) is 43.5 Å². The Morgan fingerprint density at radius 1 is 1.06 bits per heavy atom. The number of hydrogen-bond acceptors (Lipinski definition) is 7. The van der Waals surface area contributed by atoms with E-state index in [4.69, 9.17) is 4.74 Å². The van der Waals surface area contributed by atoms with E-state index in [-0.39, 0.29) is 31.3 Å². The Morgan fingerprint density at radius 3 is 2.25 bits per heavy atom. The summed E-state index contributed by atoms with van der Waals surface area (Å²) in [4.78, 5) is 47.9. The lowest BCUT2D eigenvalue weighted by Crippen LogP contribution is -2.42. The first-order valence-electron chi connectivity index (χ1n) is 10.5. The maximum absolute atomic E-state index is 12.8. The summed E-state index contributed by atoms with van der Waals surface area (Å²) in [6.07, 6.45) is 4.10. The van der Waals surface area contributed by atoms with E-state index < -0.39 is 21.9 Å². The van der Waals surface area contributed by atoms with E-state index in [1.807, 2.05) is 6.92 Å². The number of nitrogens with one attached hydrogen (secondary N) is 1. The van der Waals surface area contributed by atoms with Gasteiger partial charge in [0.25, 0.3) is 0 Å². The Labute approximate surface area is 185 Å². The first-order chi connectivity index (χ1) is 15.3. The van der Waals surface area contributed by atoms with E-state index in [2.05, 4.69) is 5.32 Å². The van der Waals surface area contributed by atoms with Crippen LogP contribution in [0.4, 0.5) is 11.4 Å². The molecule has 172 valence electrons. The molecular weight excluding hydrogens is 416 g/mol. The van der Waals surface area contributed by atoms with E-state index in [1.54, 1.807) is 44.2 Å². The van der Waals surface area contributed by atoms with Gasteiger partial charge in [-0.1, -0.05) is 32.1 Å². The third-order valence-electron chi connectivity index (χ3n) is 4.61. The molecule has 1 heterocycles. The molecule has 0 saturated heterocycles. The highest BCUT2D eigenvalue weighted by Crippen LogP contribution is 2.18. The van der Waals surface area contributed by atoms with Crippen molar-refractivity contribution in [3.8, 4) is 0 Å². The summed E-state index contributed by atoms with van der Waals surface area (Å²) < 4.78 is 7.06. The average molecular weight is 444 g/mol. The summed E-state index contributed by atoms with van der Waals surface area (Å²) in [5, 5.41) is 14.6. The number of carbonyl (C=O) groups is 1. The summed E-state index contributed by atoms with van der Waals surface area (Å²) in [7, 11) is 0. The Morgan fingerprint density at radius 2 is 1.69 bits per heavy atom. The summed E-state index contributed by atoms with van der Waals surface area (Å²) in [5.74, 6) is -0.365. The molecule has 0 aliphatic rings. The molecule has 2 rings (SSSR count). The van der Waals surface area contributed by atoms with Crippen molar-refractivity contribution in [1.29, 1.82) is 0 Å². The largest absolute Gasteiger partial charge is 0.465 e. The Hall–Kier alpha value is -3.69. The topological polar surface area (TPSA) is 125 Å². The zero-order chi connectivity index (χ0) is 23.7. The summed E-state index contributed by atoms with van der Waals surface area (Å²) in [6, 6.07) is 6.98. The van der Waals surface area contributed by atoms with Gasteiger partial charge >= 0.3 is 22.9 Å². The van der Waals surface area contributed by atoms with E-state index in [9.17, 15) is 24.5 Å². The Kier molecular flexibility index (Phi) is 8.94. The van der Waals surface area contributed by atoms with Crippen molar-refractivity contribution in [2.24, 2.45) is 0 Å².